The van der Waals surface area contributed by atoms with Crippen LogP contribution in [0.4, 0.5) is 9.18 Å². The van der Waals surface area contributed by atoms with Crippen LogP contribution in [0.1, 0.15) is 21.5 Å². The van der Waals surface area contributed by atoms with Crippen LogP contribution in [-0.2, 0) is 17.8 Å². The molecule has 4 rings (SSSR count). The molecule has 7 nitrogen and oxygen atoms in total. The van der Waals surface area contributed by atoms with Crippen molar-refractivity contribution in [2.24, 2.45) is 0 Å². The first-order valence-corrected chi connectivity index (χ1v) is 9.23. The fourth-order valence-electron chi connectivity index (χ4n) is 3.75. The number of fused-ring (bicyclic) bond motifs is 1. The van der Waals surface area contributed by atoms with Gasteiger partial charge in [0.15, 0.2) is 0 Å². The Kier molecular flexibility index (Phi) is 4.66. The second-order valence-corrected chi connectivity index (χ2v) is 7.51. The lowest BCUT2D eigenvalue weighted by Gasteiger charge is -2.31. The summed E-state index contributed by atoms with van der Waals surface area (Å²) in [4.78, 5) is 38.9. The molecule has 4 amide bonds. The number of amides is 4. The van der Waals surface area contributed by atoms with Crippen LogP contribution in [0.2, 0.25) is 5.02 Å². The monoisotopic (exact) mass is 417 g/mol. The summed E-state index contributed by atoms with van der Waals surface area (Å²) in [5.41, 5.74) is 0.438. The van der Waals surface area contributed by atoms with Crippen LogP contribution in [0.15, 0.2) is 36.4 Å². The van der Waals surface area contributed by atoms with E-state index in [0.29, 0.717) is 21.9 Å². The van der Waals surface area contributed by atoms with E-state index in [9.17, 15) is 18.8 Å². The third-order valence-electron chi connectivity index (χ3n) is 5.15. The Morgan fingerprint density at radius 2 is 1.93 bits per heavy atom. The van der Waals surface area contributed by atoms with Crippen molar-refractivity contribution in [3.8, 4) is 5.75 Å². The fraction of sp³-hybridized carbons (Fsp3) is 0.250. The Morgan fingerprint density at radius 1 is 1.21 bits per heavy atom. The first-order valence-electron chi connectivity index (χ1n) is 8.85. The van der Waals surface area contributed by atoms with Gasteiger partial charge in [-0.3, -0.25) is 14.9 Å². The predicted molar refractivity (Wildman–Crippen MR) is 102 cm³/mol. The number of rotatable bonds is 5. The van der Waals surface area contributed by atoms with Gasteiger partial charge in [-0.25, -0.2) is 9.18 Å². The second kappa shape index (κ2) is 7.04. The van der Waals surface area contributed by atoms with Gasteiger partial charge in [-0.1, -0.05) is 23.7 Å². The highest BCUT2D eigenvalue weighted by molar-refractivity contribution is 6.32. The summed E-state index contributed by atoms with van der Waals surface area (Å²) in [6.07, 6.45) is 0.106. The molecule has 2 aliphatic heterocycles. The first kappa shape index (κ1) is 19.2. The molecule has 0 bridgehead atoms. The number of benzene rings is 2. The van der Waals surface area contributed by atoms with Crippen molar-refractivity contribution in [1.82, 2.24) is 15.5 Å². The molecular formula is C20H17ClFN3O4. The minimum Gasteiger partial charge on any atom is -0.495 e. The van der Waals surface area contributed by atoms with Crippen LogP contribution in [0, 0.1) is 5.82 Å². The van der Waals surface area contributed by atoms with E-state index >= 15 is 0 Å². The van der Waals surface area contributed by atoms with Gasteiger partial charge in [0.25, 0.3) is 11.8 Å². The molecule has 1 fully saturated rings. The van der Waals surface area contributed by atoms with Gasteiger partial charge in [-0.2, -0.15) is 0 Å². The summed E-state index contributed by atoms with van der Waals surface area (Å²) in [6, 6.07) is 8.24. The van der Waals surface area contributed by atoms with Crippen molar-refractivity contribution in [2.45, 2.75) is 18.5 Å². The molecule has 1 atom stereocenters. The molecule has 0 spiro atoms. The van der Waals surface area contributed by atoms with Gasteiger partial charge >= 0.3 is 6.03 Å². The first-order chi connectivity index (χ1) is 13.8. The summed E-state index contributed by atoms with van der Waals surface area (Å²) in [7, 11) is 1.48. The maximum atomic E-state index is 13.2. The Bertz CT molecular complexity index is 1030. The van der Waals surface area contributed by atoms with Gasteiger partial charge in [0.1, 0.15) is 17.1 Å². The van der Waals surface area contributed by atoms with Crippen LogP contribution in [0.25, 0.3) is 0 Å². The molecule has 1 unspecified atom stereocenters. The zero-order chi connectivity index (χ0) is 20.8. The van der Waals surface area contributed by atoms with Crippen LogP contribution in [0.5, 0.6) is 5.75 Å². The summed E-state index contributed by atoms with van der Waals surface area (Å²) in [5, 5.41) is 5.20. The third-order valence-corrected chi connectivity index (χ3v) is 5.45. The SMILES string of the molecule is COc1cc2c(cc1Cl)C(=O)N(CC1(Cc3ccc(F)cc3)NC(=O)NC1=O)C2. The molecule has 150 valence electrons. The van der Waals surface area contributed by atoms with E-state index < -0.39 is 23.3 Å². The minimum absolute atomic E-state index is 0.0462. The van der Waals surface area contributed by atoms with Crippen molar-refractivity contribution in [3.05, 3.63) is 63.9 Å². The molecule has 2 N–H and O–H groups in total. The normalized spacial score (nSPS) is 20.5. The van der Waals surface area contributed by atoms with Crippen LogP contribution in [-0.4, -0.2) is 41.9 Å². The van der Waals surface area contributed by atoms with E-state index in [2.05, 4.69) is 10.6 Å². The molecule has 0 saturated carbocycles. The quantitative estimate of drug-likeness (QED) is 0.730. The summed E-state index contributed by atoms with van der Waals surface area (Å²) >= 11 is 6.13. The minimum atomic E-state index is -1.36. The average Bonchev–Trinajstić information content (AvgIpc) is 3.12. The van der Waals surface area contributed by atoms with E-state index in [0.717, 1.165) is 5.56 Å². The molecule has 1 saturated heterocycles. The van der Waals surface area contributed by atoms with E-state index in [-0.39, 0.29) is 25.4 Å². The van der Waals surface area contributed by atoms with E-state index in [4.69, 9.17) is 16.3 Å². The topological polar surface area (TPSA) is 87.7 Å². The van der Waals surface area contributed by atoms with E-state index in [1.54, 1.807) is 18.2 Å². The number of carbonyl (C=O) groups excluding carboxylic acids is 3. The molecule has 2 heterocycles. The Balaban J connectivity index is 1.63. The van der Waals surface area contributed by atoms with Crippen molar-refractivity contribution in [1.29, 1.82) is 0 Å². The van der Waals surface area contributed by atoms with Crippen molar-refractivity contribution in [3.63, 3.8) is 0 Å². The van der Waals surface area contributed by atoms with Crippen LogP contribution >= 0.6 is 11.6 Å². The van der Waals surface area contributed by atoms with Crippen molar-refractivity contribution in [2.75, 3.05) is 13.7 Å². The summed E-state index contributed by atoms with van der Waals surface area (Å²) in [6.45, 7) is 0.200. The number of urea groups is 1. The summed E-state index contributed by atoms with van der Waals surface area (Å²) in [5.74, 6) is -0.783. The number of carbonyl (C=O) groups is 3. The second-order valence-electron chi connectivity index (χ2n) is 7.10. The number of nitrogens with one attached hydrogen (secondary N) is 2. The molecule has 29 heavy (non-hydrogen) atoms. The zero-order valence-corrected chi connectivity index (χ0v) is 16.2. The van der Waals surface area contributed by atoms with Crippen molar-refractivity contribution < 1.29 is 23.5 Å². The predicted octanol–water partition coefficient (Wildman–Crippen LogP) is 2.26. The standard InChI is InChI=1S/C20H17ClFN3O4/c1-29-16-6-12-9-25(17(26)14(12)7-15(16)21)10-20(18(27)23-19(28)24-20)8-11-2-4-13(22)5-3-11/h2-7H,8-10H2,1H3,(H2,23,24,27,28). The van der Waals surface area contributed by atoms with Gasteiger partial charge in [0.2, 0.25) is 0 Å². The van der Waals surface area contributed by atoms with E-state index in [1.807, 2.05) is 0 Å². The smallest absolute Gasteiger partial charge is 0.322 e. The van der Waals surface area contributed by atoms with E-state index in [1.165, 1.54) is 30.2 Å². The maximum Gasteiger partial charge on any atom is 0.322 e. The number of nitrogens with zero attached hydrogens (tertiary/aromatic N) is 1. The number of ether oxygens (including phenoxy) is 1. The molecule has 9 heteroatoms. The Hall–Kier alpha value is -3.13. The average molecular weight is 418 g/mol. The number of methoxy groups -OCH3 is 1. The zero-order valence-electron chi connectivity index (χ0n) is 15.4. The van der Waals surface area contributed by atoms with Gasteiger partial charge in [-0.05, 0) is 35.4 Å². The number of halogens is 2. The number of imide groups is 1. The third kappa shape index (κ3) is 3.40. The highest BCUT2D eigenvalue weighted by atomic mass is 35.5. The number of hydrogen-bond donors (Lipinski definition) is 2. The molecule has 2 aromatic rings. The van der Waals surface area contributed by atoms with Gasteiger partial charge in [0, 0.05) is 18.5 Å². The van der Waals surface area contributed by atoms with Gasteiger partial charge < -0.3 is 15.0 Å². The molecule has 2 aromatic carbocycles. The molecule has 0 aromatic heterocycles. The maximum absolute atomic E-state index is 13.2. The highest BCUT2D eigenvalue weighted by Crippen LogP contribution is 2.34. The lowest BCUT2D eigenvalue weighted by Crippen LogP contribution is -2.56. The molecular weight excluding hydrogens is 401 g/mol. The van der Waals surface area contributed by atoms with Crippen LogP contribution in [0.3, 0.4) is 0 Å². The van der Waals surface area contributed by atoms with Gasteiger partial charge in [-0.15, -0.1) is 0 Å². The van der Waals surface area contributed by atoms with Crippen molar-refractivity contribution >= 4 is 29.4 Å². The van der Waals surface area contributed by atoms with Crippen LogP contribution < -0.4 is 15.4 Å². The fourth-order valence-corrected chi connectivity index (χ4v) is 3.99. The highest BCUT2D eigenvalue weighted by Gasteiger charge is 2.49. The van der Waals surface area contributed by atoms with Gasteiger partial charge in [0.05, 0.1) is 18.7 Å². The largest absolute Gasteiger partial charge is 0.495 e. The lowest BCUT2D eigenvalue weighted by atomic mass is 9.90. The molecule has 2 aliphatic rings. The Morgan fingerprint density at radius 3 is 2.55 bits per heavy atom. The lowest BCUT2D eigenvalue weighted by molar-refractivity contribution is -0.124. The molecule has 0 aliphatic carbocycles. The molecule has 0 radical (unpaired) electrons. The Labute approximate surface area is 170 Å². The summed E-state index contributed by atoms with van der Waals surface area (Å²) < 4.78 is 18.4. The number of hydrogen-bond acceptors (Lipinski definition) is 4.